The predicted molar refractivity (Wildman–Crippen MR) is 55.8 cm³/mol. The maximum absolute atomic E-state index is 10.6. The molecule has 0 bridgehead atoms. The quantitative estimate of drug-likeness (QED) is 0.789. The van der Waals surface area contributed by atoms with Crippen LogP contribution >= 0.6 is 0 Å². The van der Waals surface area contributed by atoms with Crippen LogP contribution in [0, 0.1) is 5.92 Å². The number of alkyl halides is 3. The van der Waals surface area contributed by atoms with E-state index in [-0.39, 0.29) is 0 Å². The van der Waals surface area contributed by atoms with Crippen molar-refractivity contribution < 1.29 is 27.8 Å². The van der Waals surface area contributed by atoms with Crippen LogP contribution in [0.3, 0.4) is 0 Å². The molecule has 1 fully saturated rings. The molecule has 102 valence electrons. The first kappa shape index (κ1) is 16.2. The van der Waals surface area contributed by atoms with Crippen LogP contribution in [-0.2, 0) is 9.53 Å². The lowest BCUT2D eigenvalue weighted by molar-refractivity contribution is -0.192. The van der Waals surface area contributed by atoms with Gasteiger partial charge in [0.1, 0.15) is 0 Å². The fraction of sp³-hybridized carbons (Fsp3) is 0.900. The minimum atomic E-state index is -5.08. The van der Waals surface area contributed by atoms with Gasteiger partial charge in [-0.25, -0.2) is 4.79 Å². The zero-order valence-corrected chi connectivity index (χ0v) is 9.88. The van der Waals surface area contributed by atoms with Crippen LogP contribution in [-0.4, -0.2) is 43.6 Å². The van der Waals surface area contributed by atoms with Gasteiger partial charge in [-0.1, -0.05) is 0 Å². The van der Waals surface area contributed by atoms with Crippen molar-refractivity contribution in [2.24, 2.45) is 5.92 Å². The van der Waals surface area contributed by atoms with Gasteiger partial charge in [0.15, 0.2) is 0 Å². The average Bonchev–Trinajstić information content (AvgIpc) is 2.28. The Morgan fingerprint density at radius 1 is 1.41 bits per heavy atom. The monoisotopic (exact) mass is 257 g/mol. The number of aliphatic carboxylic acids is 1. The van der Waals surface area contributed by atoms with E-state index in [1.54, 1.807) is 7.11 Å². The summed E-state index contributed by atoms with van der Waals surface area (Å²) in [5.41, 5.74) is 0. The van der Waals surface area contributed by atoms with E-state index in [9.17, 15) is 13.2 Å². The fourth-order valence-corrected chi connectivity index (χ4v) is 1.51. The van der Waals surface area contributed by atoms with E-state index in [1.807, 2.05) is 0 Å². The highest BCUT2D eigenvalue weighted by Gasteiger charge is 2.38. The Balaban J connectivity index is 0.000000325. The van der Waals surface area contributed by atoms with Gasteiger partial charge < -0.3 is 15.2 Å². The van der Waals surface area contributed by atoms with Crippen molar-refractivity contribution in [1.29, 1.82) is 0 Å². The summed E-state index contributed by atoms with van der Waals surface area (Å²) in [6, 6.07) is 0. The minimum Gasteiger partial charge on any atom is -0.475 e. The smallest absolute Gasteiger partial charge is 0.475 e. The number of hydrogen-bond donors (Lipinski definition) is 2. The number of nitrogens with one attached hydrogen (secondary N) is 1. The van der Waals surface area contributed by atoms with E-state index < -0.39 is 12.1 Å². The number of piperidine rings is 1. The Morgan fingerprint density at radius 3 is 2.12 bits per heavy atom. The van der Waals surface area contributed by atoms with Crippen LogP contribution < -0.4 is 5.32 Å². The van der Waals surface area contributed by atoms with Crippen LogP contribution in [0.5, 0.6) is 0 Å². The molecule has 0 aromatic carbocycles. The summed E-state index contributed by atoms with van der Waals surface area (Å²) in [7, 11) is 1.80. The Kier molecular flexibility index (Phi) is 7.13. The lowest BCUT2D eigenvalue weighted by atomic mass is 9.93. The van der Waals surface area contributed by atoms with Gasteiger partial charge in [0.05, 0.1) is 6.10 Å². The number of rotatable bonds is 2. The van der Waals surface area contributed by atoms with Gasteiger partial charge in [-0.3, -0.25) is 0 Å². The summed E-state index contributed by atoms with van der Waals surface area (Å²) in [5.74, 6) is -1.97. The number of methoxy groups -OCH3 is 1. The summed E-state index contributed by atoms with van der Waals surface area (Å²) in [6.45, 7) is 4.49. The summed E-state index contributed by atoms with van der Waals surface area (Å²) < 4.78 is 37.0. The van der Waals surface area contributed by atoms with E-state index in [0.717, 1.165) is 5.92 Å². The van der Waals surface area contributed by atoms with E-state index in [4.69, 9.17) is 14.6 Å². The van der Waals surface area contributed by atoms with Gasteiger partial charge in [0.2, 0.25) is 0 Å². The second kappa shape index (κ2) is 7.50. The molecule has 0 amide bonds. The topological polar surface area (TPSA) is 58.6 Å². The molecule has 1 rings (SSSR count). The minimum absolute atomic E-state index is 0.446. The normalized spacial score (nSPS) is 19.1. The summed E-state index contributed by atoms with van der Waals surface area (Å²) >= 11 is 0. The molecule has 1 heterocycles. The van der Waals surface area contributed by atoms with Gasteiger partial charge in [-0.15, -0.1) is 0 Å². The van der Waals surface area contributed by atoms with Crippen LogP contribution in [0.4, 0.5) is 13.2 Å². The zero-order valence-electron chi connectivity index (χ0n) is 9.88. The molecule has 0 aromatic heterocycles. The molecule has 0 saturated carbocycles. The molecule has 1 aliphatic heterocycles. The van der Waals surface area contributed by atoms with E-state index in [1.165, 1.54) is 25.9 Å². The van der Waals surface area contributed by atoms with Crippen molar-refractivity contribution >= 4 is 5.97 Å². The van der Waals surface area contributed by atoms with E-state index in [2.05, 4.69) is 12.2 Å². The highest BCUT2D eigenvalue weighted by atomic mass is 19.4. The fourth-order valence-electron chi connectivity index (χ4n) is 1.51. The Morgan fingerprint density at radius 2 is 1.82 bits per heavy atom. The maximum atomic E-state index is 10.6. The third kappa shape index (κ3) is 7.17. The first-order valence-electron chi connectivity index (χ1n) is 5.32. The first-order valence-corrected chi connectivity index (χ1v) is 5.32. The third-order valence-corrected chi connectivity index (χ3v) is 2.66. The summed E-state index contributed by atoms with van der Waals surface area (Å²) in [4.78, 5) is 8.90. The van der Waals surface area contributed by atoms with Gasteiger partial charge in [-0.2, -0.15) is 13.2 Å². The van der Waals surface area contributed by atoms with Crippen LogP contribution in [0.25, 0.3) is 0 Å². The number of hydrogen-bond acceptors (Lipinski definition) is 3. The summed E-state index contributed by atoms with van der Waals surface area (Å²) in [6.07, 6.45) is -2.09. The number of carboxylic acids is 1. The third-order valence-electron chi connectivity index (χ3n) is 2.66. The van der Waals surface area contributed by atoms with E-state index >= 15 is 0 Å². The van der Waals surface area contributed by atoms with Gasteiger partial charge in [-0.05, 0) is 38.8 Å². The molecule has 1 aliphatic rings. The molecule has 0 aromatic rings. The number of carbonyl (C=O) groups is 1. The van der Waals surface area contributed by atoms with Crippen LogP contribution in [0.15, 0.2) is 0 Å². The number of ether oxygens (including phenoxy) is 1. The van der Waals surface area contributed by atoms with Gasteiger partial charge in [0.25, 0.3) is 0 Å². The highest BCUT2D eigenvalue weighted by molar-refractivity contribution is 5.73. The molecule has 1 atom stereocenters. The average molecular weight is 257 g/mol. The second-order valence-corrected chi connectivity index (χ2v) is 3.83. The van der Waals surface area contributed by atoms with Gasteiger partial charge >= 0.3 is 12.1 Å². The van der Waals surface area contributed by atoms with Crippen molar-refractivity contribution in [3.63, 3.8) is 0 Å². The molecule has 4 nitrogen and oxygen atoms in total. The molecular weight excluding hydrogens is 239 g/mol. The lowest BCUT2D eigenvalue weighted by Crippen LogP contribution is -2.33. The SMILES string of the molecule is COC(C)C1CCNCC1.O=C(O)C(F)(F)F. The lowest BCUT2D eigenvalue weighted by Gasteiger charge is -2.26. The van der Waals surface area contributed by atoms with Crippen LogP contribution in [0.1, 0.15) is 19.8 Å². The molecule has 17 heavy (non-hydrogen) atoms. The molecule has 1 unspecified atom stereocenters. The van der Waals surface area contributed by atoms with Gasteiger partial charge in [0, 0.05) is 7.11 Å². The largest absolute Gasteiger partial charge is 0.490 e. The zero-order chi connectivity index (χ0) is 13.5. The molecule has 2 N–H and O–H groups in total. The van der Waals surface area contributed by atoms with Crippen molar-refractivity contribution in [3.05, 3.63) is 0 Å². The van der Waals surface area contributed by atoms with Crippen molar-refractivity contribution in [2.75, 3.05) is 20.2 Å². The molecule has 7 heteroatoms. The van der Waals surface area contributed by atoms with Crippen molar-refractivity contribution in [2.45, 2.75) is 32.0 Å². The maximum Gasteiger partial charge on any atom is 0.490 e. The number of halogens is 3. The summed E-state index contributed by atoms with van der Waals surface area (Å²) in [5, 5.41) is 10.5. The van der Waals surface area contributed by atoms with Crippen LogP contribution in [0.2, 0.25) is 0 Å². The Labute approximate surface area is 98.1 Å². The number of carboxylic acid groups (broad SMARTS) is 1. The van der Waals surface area contributed by atoms with Crippen molar-refractivity contribution in [1.82, 2.24) is 5.32 Å². The molecule has 0 spiro atoms. The second-order valence-electron chi connectivity index (χ2n) is 3.83. The molecule has 0 radical (unpaired) electrons. The highest BCUT2D eigenvalue weighted by Crippen LogP contribution is 2.17. The Bertz CT molecular complexity index is 227. The standard InChI is InChI=1S/C8H17NO.C2HF3O2/c1-7(10-2)8-3-5-9-6-4-8;3-2(4,5)1(6)7/h7-9H,3-6H2,1-2H3;(H,6,7). The predicted octanol–water partition coefficient (Wildman–Crippen LogP) is 1.65. The van der Waals surface area contributed by atoms with E-state index in [0.29, 0.717) is 6.10 Å². The van der Waals surface area contributed by atoms with Crippen molar-refractivity contribution in [3.8, 4) is 0 Å². The molecule has 1 saturated heterocycles. The first-order chi connectivity index (χ1) is 7.79. The Hall–Kier alpha value is -0.820. The molecule has 0 aliphatic carbocycles. The molecular formula is C10H18F3NO3.